The number of piperazine rings is 1. The maximum atomic E-state index is 3.64. The Morgan fingerprint density at radius 2 is 1.90 bits per heavy atom. The van der Waals surface area contributed by atoms with E-state index in [1.165, 1.54) is 51.7 Å². The Morgan fingerprint density at radius 1 is 1.10 bits per heavy atom. The first-order valence-electron chi connectivity index (χ1n) is 8.70. The second-order valence-corrected chi connectivity index (χ2v) is 8.05. The molecule has 1 aliphatic carbocycles. The molecule has 0 spiro atoms. The van der Waals surface area contributed by atoms with E-state index < -0.39 is 0 Å². The van der Waals surface area contributed by atoms with E-state index in [2.05, 4.69) is 42.9 Å². The molecule has 2 saturated heterocycles. The summed E-state index contributed by atoms with van der Waals surface area (Å²) in [6.45, 7) is 11.3. The van der Waals surface area contributed by atoms with E-state index in [-0.39, 0.29) is 0 Å². The number of hydrogen-bond donors (Lipinski definition) is 1. The van der Waals surface area contributed by atoms with Gasteiger partial charge in [0, 0.05) is 37.3 Å². The zero-order valence-electron chi connectivity index (χ0n) is 13.9. The van der Waals surface area contributed by atoms with Crippen LogP contribution in [-0.4, -0.2) is 60.6 Å². The lowest BCUT2D eigenvalue weighted by atomic mass is 9.85. The predicted molar refractivity (Wildman–Crippen MR) is 85.0 cm³/mol. The fourth-order valence-corrected chi connectivity index (χ4v) is 5.14. The lowest BCUT2D eigenvalue weighted by Crippen LogP contribution is -2.63. The maximum absolute atomic E-state index is 3.64. The van der Waals surface area contributed by atoms with Crippen LogP contribution in [0, 0.1) is 5.41 Å². The van der Waals surface area contributed by atoms with Crippen molar-refractivity contribution in [1.82, 2.24) is 15.1 Å². The average molecular weight is 279 g/mol. The minimum absolute atomic E-state index is 0.447. The highest BCUT2D eigenvalue weighted by molar-refractivity contribution is 5.03. The van der Waals surface area contributed by atoms with Gasteiger partial charge < -0.3 is 5.32 Å². The molecule has 20 heavy (non-hydrogen) atoms. The highest BCUT2D eigenvalue weighted by Crippen LogP contribution is 2.41. The fourth-order valence-electron chi connectivity index (χ4n) is 5.14. The van der Waals surface area contributed by atoms with Crippen LogP contribution in [0.15, 0.2) is 0 Å². The van der Waals surface area contributed by atoms with Gasteiger partial charge >= 0.3 is 0 Å². The van der Waals surface area contributed by atoms with Gasteiger partial charge in [0.1, 0.15) is 0 Å². The zero-order valence-corrected chi connectivity index (χ0v) is 13.9. The molecule has 0 bridgehead atoms. The van der Waals surface area contributed by atoms with Gasteiger partial charge in [-0.25, -0.2) is 0 Å². The van der Waals surface area contributed by atoms with Crippen molar-refractivity contribution in [2.24, 2.45) is 5.41 Å². The van der Waals surface area contributed by atoms with Crippen molar-refractivity contribution in [3.8, 4) is 0 Å². The predicted octanol–water partition coefficient (Wildman–Crippen LogP) is 2.32. The van der Waals surface area contributed by atoms with Crippen molar-refractivity contribution in [3.05, 3.63) is 0 Å². The molecule has 3 rings (SSSR count). The zero-order chi connectivity index (χ0) is 14.3. The quantitative estimate of drug-likeness (QED) is 0.837. The Kier molecular flexibility index (Phi) is 4.13. The molecule has 0 amide bonds. The summed E-state index contributed by atoms with van der Waals surface area (Å²) in [5.74, 6) is 0. The SMILES string of the molecule is CNC1C(N2CC3CCCCN3CC2C)CCC1(C)C. The van der Waals surface area contributed by atoms with Gasteiger partial charge in [-0.15, -0.1) is 0 Å². The van der Waals surface area contributed by atoms with Crippen molar-refractivity contribution in [1.29, 1.82) is 0 Å². The van der Waals surface area contributed by atoms with Gasteiger partial charge in [-0.1, -0.05) is 20.3 Å². The van der Waals surface area contributed by atoms with Gasteiger partial charge in [-0.05, 0) is 51.6 Å². The molecule has 0 radical (unpaired) electrons. The Balaban J connectivity index is 1.73. The summed E-state index contributed by atoms with van der Waals surface area (Å²) >= 11 is 0. The summed E-state index contributed by atoms with van der Waals surface area (Å²) in [4.78, 5) is 5.61. The van der Waals surface area contributed by atoms with Crippen LogP contribution in [0.25, 0.3) is 0 Å². The second kappa shape index (κ2) is 5.58. The molecule has 2 aliphatic heterocycles. The van der Waals surface area contributed by atoms with Crippen molar-refractivity contribution in [2.45, 2.75) is 77.0 Å². The molecule has 0 aromatic heterocycles. The lowest BCUT2D eigenvalue weighted by molar-refractivity contribution is -0.0153. The van der Waals surface area contributed by atoms with Gasteiger partial charge in [-0.3, -0.25) is 9.80 Å². The molecule has 4 atom stereocenters. The van der Waals surface area contributed by atoms with E-state index >= 15 is 0 Å². The smallest absolute Gasteiger partial charge is 0.0271 e. The molecule has 3 nitrogen and oxygen atoms in total. The first-order chi connectivity index (χ1) is 9.53. The molecule has 3 heteroatoms. The number of hydrogen-bond acceptors (Lipinski definition) is 3. The van der Waals surface area contributed by atoms with E-state index in [9.17, 15) is 0 Å². The third-order valence-corrected chi connectivity index (χ3v) is 6.28. The molecular formula is C17H33N3. The molecule has 0 aromatic rings. The lowest BCUT2D eigenvalue weighted by Gasteiger charge is -2.51. The summed E-state index contributed by atoms with van der Waals surface area (Å²) in [6, 6.07) is 2.95. The first kappa shape index (κ1) is 14.8. The molecule has 3 aliphatic rings. The number of rotatable bonds is 2. The van der Waals surface area contributed by atoms with Gasteiger partial charge in [0.2, 0.25) is 0 Å². The topological polar surface area (TPSA) is 18.5 Å². The average Bonchev–Trinajstić information content (AvgIpc) is 2.72. The molecule has 1 saturated carbocycles. The van der Waals surface area contributed by atoms with Gasteiger partial charge in [-0.2, -0.15) is 0 Å². The maximum Gasteiger partial charge on any atom is 0.0271 e. The molecule has 3 fully saturated rings. The van der Waals surface area contributed by atoms with Gasteiger partial charge in [0.05, 0.1) is 0 Å². The Labute approximate surface area is 125 Å². The van der Waals surface area contributed by atoms with E-state index in [0.29, 0.717) is 11.5 Å². The summed E-state index contributed by atoms with van der Waals surface area (Å²) in [7, 11) is 2.16. The monoisotopic (exact) mass is 279 g/mol. The third-order valence-electron chi connectivity index (χ3n) is 6.28. The number of nitrogens with one attached hydrogen (secondary N) is 1. The Morgan fingerprint density at radius 3 is 2.65 bits per heavy atom. The minimum Gasteiger partial charge on any atom is -0.315 e. The van der Waals surface area contributed by atoms with Gasteiger partial charge in [0.25, 0.3) is 0 Å². The summed E-state index contributed by atoms with van der Waals surface area (Å²) in [5, 5.41) is 3.64. The van der Waals surface area contributed by atoms with Crippen molar-refractivity contribution in [3.63, 3.8) is 0 Å². The first-order valence-corrected chi connectivity index (χ1v) is 8.70. The Hall–Kier alpha value is -0.120. The van der Waals surface area contributed by atoms with Crippen LogP contribution in [0.2, 0.25) is 0 Å². The number of piperidine rings is 1. The van der Waals surface area contributed by atoms with Crippen LogP contribution in [0.4, 0.5) is 0 Å². The molecular weight excluding hydrogens is 246 g/mol. The molecule has 116 valence electrons. The van der Waals surface area contributed by atoms with Crippen molar-refractivity contribution < 1.29 is 0 Å². The largest absolute Gasteiger partial charge is 0.315 e. The van der Waals surface area contributed by atoms with Crippen LogP contribution in [0.1, 0.15) is 52.9 Å². The van der Waals surface area contributed by atoms with E-state index in [0.717, 1.165) is 18.1 Å². The van der Waals surface area contributed by atoms with Crippen LogP contribution in [0.3, 0.4) is 0 Å². The normalized spacial score (nSPS) is 42.6. The molecule has 0 aromatic carbocycles. The standard InChI is InChI=1S/C17H33N3/c1-13-11-19-10-6-5-7-14(19)12-20(13)15-8-9-17(2,3)16(15)18-4/h13-16,18H,5-12H2,1-4H3. The van der Waals surface area contributed by atoms with Gasteiger partial charge in [0.15, 0.2) is 0 Å². The van der Waals surface area contributed by atoms with Crippen LogP contribution in [0.5, 0.6) is 0 Å². The van der Waals surface area contributed by atoms with Crippen LogP contribution >= 0.6 is 0 Å². The third kappa shape index (κ3) is 2.53. The molecule has 4 unspecified atom stereocenters. The molecule has 1 N–H and O–H groups in total. The minimum atomic E-state index is 0.447. The van der Waals surface area contributed by atoms with Crippen LogP contribution in [-0.2, 0) is 0 Å². The van der Waals surface area contributed by atoms with Crippen LogP contribution < -0.4 is 5.32 Å². The number of nitrogens with zero attached hydrogens (tertiary/aromatic N) is 2. The Bertz CT molecular complexity index is 341. The number of likely N-dealkylation sites (N-methyl/N-ethyl adjacent to an activating group) is 1. The van der Waals surface area contributed by atoms with E-state index in [1.54, 1.807) is 0 Å². The fraction of sp³-hybridized carbons (Fsp3) is 1.00. The summed E-state index contributed by atoms with van der Waals surface area (Å²) in [6.07, 6.45) is 7.01. The van der Waals surface area contributed by atoms with Crippen molar-refractivity contribution in [2.75, 3.05) is 26.7 Å². The summed E-state index contributed by atoms with van der Waals surface area (Å²) in [5.41, 5.74) is 0.447. The van der Waals surface area contributed by atoms with E-state index in [1.807, 2.05) is 0 Å². The second-order valence-electron chi connectivity index (χ2n) is 8.05. The van der Waals surface area contributed by atoms with Crippen molar-refractivity contribution >= 4 is 0 Å². The number of fused-ring (bicyclic) bond motifs is 1. The highest BCUT2D eigenvalue weighted by Gasteiger charge is 2.46. The summed E-state index contributed by atoms with van der Waals surface area (Å²) < 4.78 is 0. The van der Waals surface area contributed by atoms with E-state index in [4.69, 9.17) is 0 Å². The highest BCUT2D eigenvalue weighted by atomic mass is 15.3. The molecule has 2 heterocycles.